The van der Waals surface area contributed by atoms with Crippen LogP contribution in [0.15, 0.2) is 24.3 Å². The van der Waals surface area contributed by atoms with Crippen LogP contribution in [-0.2, 0) is 14.3 Å². The number of amides is 1. The summed E-state index contributed by atoms with van der Waals surface area (Å²) in [4.78, 5) is 28.9. The highest BCUT2D eigenvalue weighted by molar-refractivity contribution is 6.53. The minimum atomic E-state index is -0.973. The highest BCUT2D eigenvalue weighted by Crippen LogP contribution is 2.64. The summed E-state index contributed by atoms with van der Waals surface area (Å²) in [6, 6.07) is 6.62. The Morgan fingerprint density at radius 3 is 2.12 bits per heavy atom. The fraction of sp³-hybridized carbons (Fsp3) is 0.556. The number of nitrogens with zero attached hydrogens (tertiary/aromatic N) is 2. The summed E-state index contributed by atoms with van der Waals surface area (Å²) >= 11 is 18.2. The summed E-state index contributed by atoms with van der Waals surface area (Å²) in [6.45, 7) is 3.94. The number of halogens is 3. The van der Waals surface area contributed by atoms with Crippen molar-refractivity contribution < 1.29 is 14.3 Å². The van der Waals surface area contributed by atoms with E-state index in [1.54, 1.807) is 24.0 Å². The number of ether oxygens (including phenoxy) is 1. The van der Waals surface area contributed by atoms with Crippen molar-refractivity contribution in [3.63, 3.8) is 0 Å². The van der Waals surface area contributed by atoms with Gasteiger partial charge >= 0.3 is 5.97 Å². The van der Waals surface area contributed by atoms with Crippen LogP contribution < -0.4 is 0 Å². The second kappa shape index (κ2) is 7.19. The minimum Gasteiger partial charge on any atom is -0.468 e. The maximum atomic E-state index is 12.7. The molecule has 5 nitrogen and oxygen atoms in total. The Morgan fingerprint density at radius 1 is 1.12 bits per heavy atom. The van der Waals surface area contributed by atoms with Crippen molar-refractivity contribution in [1.82, 2.24) is 9.80 Å². The molecule has 8 heteroatoms. The van der Waals surface area contributed by atoms with E-state index < -0.39 is 15.8 Å². The van der Waals surface area contributed by atoms with Crippen molar-refractivity contribution >= 4 is 46.7 Å². The van der Waals surface area contributed by atoms with E-state index in [1.807, 2.05) is 17.0 Å². The average molecular weight is 420 g/mol. The van der Waals surface area contributed by atoms with Crippen molar-refractivity contribution in [3.05, 3.63) is 34.9 Å². The number of esters is 1. The quantitative estimate of drug-likeness (QED) is 0.555. The Kier molecular flexibility index (Phi) is 5.46. The molecule has 1 aromatic carbocycles. The Morgan fingerprint density at radius 2 is 1.65 bits per heavy atom. The van der Waals surface area contributed by atoms with Gasteiger partial charge in [0.05, 0.1) is 12.5 Å². The zero-order chi connectivity index (χ0) is 19.1. The van der Waals surface area contributed by atoms with Gasteiger partial charge in [0, 0.05) is 31.2 Å². The highest BCUT2D eigenvalue weighted by atomic mass is 35.5. The number of rotatable bonds is 4. The molecule has 0 N–H and O–H groups in total. The predicted molar refractivity (Wildman–Crippen MR) is 102 cm³/mol. The molecule has 3 rings (SSSR count). The Balaban J connectivity index is 1.69. The number of carbonyl (C=O) groups is 2. The molecule has 0 radical (unpaired) electrons. The first-order valence-electron chi connectivity index (χ1n) is 8.44. The maximum absolute atomic E-state index is 12.7. The summed E-state index contributed by atoms with van der Waals surface area (Å²) in [5.41, 5.74) is 0.103. The van der Waals surface area contributed by atoms with Gasteiger partial charge in [0.15, 0.2) is 0 Å². The molecule has 2 unspecified atom stereocenters. The van der Waals surface area contributed by atoms with Gasteiger partial charge in [-0.1, -0.05) is 23.7 Å². The zero-order valence-electron chi connectivity index (χ0n) is 14.7. The van der Waals surface area contributed by atoms with Crippen LogP contribution in [0, 0.1) is 5.41 Å². The van der Waals surface area contributed by atoms with Gasteiger partial charge in [0.2, 0.25) is 5.91 Å². The first-order chi connectivity index (χ1) is 12.2. The first-order valence-corrected chi connectivity index (χ1v) is 9.57. The summed E-state index contributed by atoms with van der Waals surface area (Å²) in [6.07, 6.45) is 0.470. The highest BCUT2D eigenvalue weighted by Gasteiger charge is 2.68. The number of hydrogen-bond donors (Lipinski definition) is 0. The lowest BCUT2D eigenvalue weighted by molar-refractivity contribution is -0.149. The van der Waals surface area contributed by atoms with Gasteiger partial charge in [0.1, 0.15) is 10.4 Å². The number of hydrogen-bond acceptors (Lipinski definition) is 4. The minimum absolute atomic E-state index is 0.0248. The van der Waals surface area contributed by atoms with Crippen LogP contribution in [0.4, 0.5) is 0 Å². The number of carbonyl (C=O) groups excluding carboxylic acids is 2. The normalized spacial score (nSPS) is 26.3. The predicted octanol–water partition coefficient (Wildman–Crippen LogP) is 3.28. The van der Waals surface area contributed by atoms with Gasteiger partial charge in [-0.3, -0.25) is 9.69 Å². The third-order valence-electron chi connectivity index (χ3n) is 5.31. The van der Waals surface area contributed by atoms with Crippen molar-refractivity contribution in [1.29, 1.82) is 0 Å². The van der Waals surface area contributed by atoms with Gasteiger partial charge in [-0.15, -0.1) is 23.2 Å². The van der Waals surface area contributed by atoms with Crippen LogP contribution in [0.25, 0.3) is 0 Å². The van der Waals surface area contributed by atoms with E-state index in [9.17, 15) is 9.59 Å². The van der Waals surface area contributed by atoms with E-state index in [-0.39, 0.29) is 11.9 Å². The molecule has 0 bridgehead atoms. The van der Waals surface area contributed by atoms with Gasteiger partial charge < -0.3 is 9.64 Å². The van der Waals surface area contributed by atoms with E-state index in [0.29, 0.717) is 37.6 Å². The smallest absolute Gasteiger partial charge is 0.327 e. The van der Waals surface area contributed by atoms with E-state index >= 15 is 0 Å². The molecule has 2 atom stereocenters. The second-order valence-electron chi connectivity index (χ2n) is 7.02. The maximum Gasteiger partial charge on any atom is 0.327 e. The average Bonchev–Trinajstić information content (AvgIpc) is 3.15. The molecule has 1 aromatic rings. The van der Waals surface area contributed by atoms with Gasteiger partial charge in [-0.05, 0) is 31.0 Å². The summed E-state index contributed by atoms with van der Waals surface area (Å²) < 4.78 is 4.01. The summed E-state index contributed by atoms with van der Waals surface area (Å²) in [5, 5.41) is 0.607. The van der Waals surface area contributed by atoms with Crippen molar-refractivity contribution in [2.75, 3.05) is 33.3 Å². The first kappa shape index (κ1) is 19.7. The molecule has 1 aliphatic heterocycles. The van der Waals surface area contributed by atoms with E-state index in [0.717, 1.165) is 5.56 Å². The zero-order valence-corrected chi connectivity index (χ0v) is 16.9. The molecule has 0 spiro atoms. The molecule has 2 fully saturated rings. The van der Waals surface area contributed by atoms with Crippen LogP contribution >= 0.6 is 34.8 Å². The lowest BCUT2D eigenvalue weighted by atomic mass is 10.0. The summed E-state index contributed by atoms with van der Waals surface area (Å²) in [7, 11) is 1.37. The Hall–Kier alpha value is -1.01. The van der Waals surface area contributed by atoms with Crippen LogP contribution in [0.2, 0.25) is 5.02 Å². The molecule has 1 saturated heterocycles. The molecule has 1 amide bonds. The second-order valence-corrected chi connectivity index (χ2v) is 8.94. The Bertz CT molecular complexity index is 702. The Labute approximate surface area is 168 Å². The monoisotopic (exact) mass is 418 g/mol. The molecular weight excluding hydrogens is 399 g/mol. The molecule has 1 saturated carbocycles. The molecular formula is C18H21Cl3N2O3. The van der Waals surface area contributed by atoms with E-state index in [1.165, 1.54) is 7.11 Å². The van der Waals surface area contributed by atoms with Crippen LogP contribution in [0.5, 0.6) is 0 Å². The van der Waals surface area contributed by atoms with Gasteiger partial charge in [-0.25, -0.2) is 4.79 Å². The largest absolute Gasteiger partial charge is 0.468 e. The van der Waals surface area contributed by atoms with Gasteiger partial charge in [0.25, 0.3) is 0 Å². The molecule has 1 heterocycles. The van der Waals surface area contributed by atoms with Crippen LogP contribution in [-0.4, -0.2) is 59.3 Å². The molecule has 0 aromatic heterocycles. The molecule has 1 aliphatic carbocycles. The standard InChI is InChI=1S/C18H21Cl3N2O3/c1-17(11-18(17,20)21)16(25)23-9-7-22(8-10-23)14(15(24)26-2)12-3-5-13(19)6-4-12/h3-6,14H,7-11H2,1-2H3. The number of benzene rings is 1. The van der Waals surface area contributed by atoms with Crippen molar-refractivity contribution in [3.8, 4) is 0 Å². The van der Waals surface area contributed by atoms with E-state index in [4.69, 9.17) is 39.5 Å². The van der Waals surface area contributed by atoms with Gasteiger partial charge in [-0.2, -0.15) is 0 Å². The van der Waals surface area contributed by atoms with Crippen molar-refractivity contribution in [2.24, 2.45) is 5.41 Å². The van der Waals surface area contributed by atoms with E-state index in [2.05, 4.69) is 0 Å². The van der Waals surface area contributed by atoms with Crippen LogP contribution in [0.1, 0.15) is 24.9 Å². The number of alkyl halides is 2. The molecule has 2 aliphatic rings. The third-order valence-corrected chi connectivity index (χ3v) is 6.66. The lowest BCUT2D eigenvalue weighted by Crippen LogP contribution is -2.53. The third kappa shape index (κ3) is 3.55. The molecule has 26 heavy (non-hydrogen) atoms. The van der Waals surface area contributed by atoms with Crippen LogP contribution in [0.3, 0.4) is 0 Å². The SMILES string of the molecule is COC(=O)C(c1ccc(Cl)cc1)N1CCN(C(=O)C2(C)CC2(Cl)Cl)CC1. The summed E-state index contributed by atoms with van der Waals surface area (Å²) in [5.74, 6) is -0.356. The fourth-order valence-corrected chi connectivity index (χ4v) is 4.24. The topological polar surface area (TPSA) is 49.9 Å². The number of piperazine rings is 1. The fourth-order valence-electron chi connectivity index (χ4n) is 3.42. The number of methoxy groups -OCH3 is 1. The van der Waals surface area contributed by atoms with Crippen molar-refractivity contribution in [2.45, 2.75) is 23.7 Å². The molecule has 142 valence electrons. The lowest BCUT2D eigenvalue weighted by Gasteiger charge is -2.39.